The molecule has 7 rings (SSSR count). The van der Waals surface area contributed by atoms with Gasteiger partial charge in [-0.15, -0.1) is 0 Å². The summed E-state index contributed by atoms with van der Waals surface area (Å²) in [6.45, 7) is 5.59. The van der Waals surface area contributed by atoms with Gasteiger partial charge in [0, 0.05) is 24.6 Å². The second kappa shape index (κ2) is 7.46. The van der Waals surface area contributed by atoms with E-state index in [0.29, 0.717) is 24.6 Å². The number of nitrogens with zero attached hydrogens (tertiary/aromatic N) is 3. The summed E-state index contributed by atoms with van der Waals surface area (Å²) in [6.07, 6.45) is 3.99. The van der Waals surface area contributed by atoms with Crippen LogP contribution in [0.2, 0.25) is 0 Å². The lowest BCUT2D eigenvalue weighted by atomic mass is 9.73. The zero-order chi connectivity index (χ0) is 21.1. The van der Waals surface area contributed by atoms with E-state index in [2.05, 4.69) is 57.2 Å². The predicted octanol–water partition coefficient (Wildman–Crippen LogP) is 4.53. The van der Waals surface area contributed by atoms with E-state index >= 15 is 0 Å². The first kappa shape index (κ1) is 18.9. The van der Waals surface area contributed by atoms with Gasteiger partial charge in [0.2, 0.25) is 0 Å². The number of likely N-dealkylation sites (tertiary alicyclic amines) is 1. The van der Waals surface area contributed by atoms with Gasteiger partial charge < -0.3 is 19.5 Å². The third-order valence-electron chi connectivity index (χ3n) is 7.95. The molecule has 5 nitrogen and oxygen atoms in total. The van der Waals surface area contributed by atoms with Crippen molar-refractivity contribution in [1.29, 1.82) is 0 Å². The van der Waals surface area contributed by atoms with Gasteiger partial charge in [-0.25, -0.2) is 4.98 Å². The van der Waals surface area contributed by atoms with Gasteiger partial charge in [0.25, 0.3) is 0 Å². The van der Waals surface area contributed by atoms with Crippen LogP contribution in [0.4, 0.5) is 0 Å². The smallest absolute Gasteiger partial charge is 0.120 e. The number of hydrogen-bond acceptors (Lipinski definition) is 4. The number of hydrogen-bond donors (Lipinski definition) is 1. The minimum absolute atomic E-state index is 0.483. The van der Waals surface area contributed by atoms with Crippen molar-refractivity contribution in [3.8, 4) is 17.0 Å². The van der Waals surface area contributed by atoms with Crippen LogP contribution in [0.5, 0.6) is 5.75 Å². The Hall–Kier alpha value is -2.63. The fraction of sp³-hybridized carbons (Fsp3) is 0.444. The first-order chi connectivity index (χ1) is 15.8. The molecule has 2 unspecified atom stereocenters. The lowest BCUT2D eigenvalue weighted by Crippen LogP contribution is -2.56. The van der Waals surface area contributed by atoms with Gasteiger partial charge in [0.15, 0.2) is 0 Å². The summed E-state index contributed by atoms with van der Waals surface area (Å²) in [5.74, 6) is 3.74. The van der Waals surface area contributed by atoms with Crippen molar-refractivity contribution in [2.45, 2.75) is 43.9 Å². The summed E-state index contributed by atoms with van der Waals surface area (Å²) in [5.41, 5.74) is 4.91. The maximum atomic E-state index is 6.10. The monoisotopic (exact) mass is 426 g/mol. The largest absolute Gasteiger partial charge is 0.489 e. The van der Waals surface area contributed by atoms with E-state index in [-0.39, 0.29) is 0 Å². The molecule has 2 atom stereocenters. The molecule has 32 heavy (non-hydrogen) atoms. The van der Waals surface area contributed by atoms with Crippen LogP contribution in [0.3, 0.4) is 0 Å². The van der Waals surface area contributed by atoms with Gasteiger partial charge in [-0.2, -0.15) is 0 Å². The standard InChI is InChI=1S/C27H30N4O/c1-2-6-18(7-3-1)17-32-22-9-4-8-20(14-22)24-26-25-23(15-28-25)31(26)27(29-24)21-12-19(13-21)16-30-10-5-11-30/h1-4,6-9,14,19,21,23,25,28H,5,10-13,15-17H2. The van der Waals surface area contributed by atoms with Crippen molar-refractivity contribution in [1.82, 2.24) is 19.8 Å². The van der Waals surface area contributed by atoms with Gasteiger partial charge in [-0.1, -0.05) is 42.5 Å². The molecule has 2 saturated heterocycles. The average molecular weight is 427 g/mol. The Morgan fingerprint density at radius 2 is 1.91 bits per heavy atom. The first-order valence-electron chi connectivity index (χ1n) is 12.2. The topological polar surface area (TPSA) is 42.3 Å². The highest BCUT2D eigenvalue weighted by molar-refractivity contribution is 5.67. The van der Waals surface area contributed by atoms with Crippen molar-refractivity contribution >= 4 is 0 Å². The van der Waals surface area contributed by atoms with E-state index in [9.17, 15) is 0 Å². The third-order valence-corrected chi connectivity index (χ3v) is 7.95. The van der Waals surface area contributed by atoms with Crippen molar-refractivity contribution in [3.05, 3.63) is 71.7 Å². The Kier molecular flexibility index (Phi) is 4.41. The summed E-state index contributed by atoms with van der Waals surface area (Å²) in [5, 5.41) is 3.61. The molecule has 1 saturated carbocycles. The Morgan fingerprint density at radius 1 is 1.03 bits per heavy atom. The Labute approximate surface area is 189 Å². The number of ether oxygens (including phenoxy) is 1. The Balaban J connectivity index is 1.12. The van der Waals surface area contributed by atoms with Gasteiger partial charge in [-0.05, 0) is 56.0 Å². The third kappa shape index (κ3) is 3.02. The van der Waals surface area contributed by atoms with Gasteiger partial charge in [-0.3, -0.25) is 0 Å². The minimum Gasteiger partial charge on any atom is -0.489 e. The van der Waals surface area contributed by atoms with Crippen molar-refractivity contribution < 1.29 is 4.74 Å². The minimum atomic E-state index is 0.483. The van der Waals surface area contributed by atoms with E-state index in [4.69, 9.17) is 9.72 Å². The van der Waals surface area contributed by atoms with E-state index < -0.39 is 0 Å². The van der Waals surface area contributed by atoms with E-state index in [1.807, 2.05) is 12.1 Å². The fourth-order valence-electron chi connectivity index (χ4n) is 5.89. The SMILES string of the molecule is c1ccc(COc2cccc(-c3nc(C4CC(CN5CCC5)C4)n4c3C3NCC34)c2)cc1. The number of imidazole rings is 1. The fourth-order valence-corrected chi connectivity index (χ4v) is 5.89. The van der Waals surface area contributed by atoms with Crippen LogP contribution in [0, 0.1) is 5.92 Å². The molecular weight excluding hydrogens is 396 g/mol. The molecule has 3 aromatic rings. The second-order valence-electron chi connectivity index (χ2n) is 10.0. The van der Waals surface area contributed by atoms with E-state index in [1.165, 1.54) is 61.5 Å². The zero-order valence-electron chi connectivity index (χ0n) is 18.4. The normalized spacial score (nSPS) is 27.9. The second-order valence-corrected chi connectivity index (χ2v) is 10.0. The molecule has 1 aromatic heterocycles. The number of benzene rings is 2. The molecule has 3 aliphatic heterocycles. The zero-order valence-corrected chi connectivity index (χ0v) is 18.4. The highest BCUT2D eigenvalue weighted by Crippen LogP contribution is 2.53. The lowest BCUT2D eigenvalue weighted by Gasteiger charge is -2.51. The number of aromatic nitrogens is 2. The summed E-state index contributed by atoms with van der Waals surface area (Å²) >= 11 is 0. The van der Waals surface area contributed by atoms with Gasteiger partial charge in [0.05, 0.1) is 23.5 Å². The molecule has 0 radical (unpaired) electrons. The van der Waals surface area contributed by atoms with E-state index in [1.54, 1.807) is 0 Å². The molecule has 4 aliphatic rings. The predicted molar refractivity (Wildman–Crippen MR) is 125 cm³/mol. The molecule has 5 heteroatoms. The van der Waals surface area contributed by atoms with Crippen molar-refractivity contribution in [2.75, 3.05) is 26.2 Å². The lowest BCUT2D eigenvalue weighted by molar-refractivity contribution is 0.0979. The van der Waals surface area contributed by atoms with E-state index in [0.717, 1.165) is 23.9 Å². The van der Waals surface area contributed by atoms with Crippen LogP contribution in [-0.2, 0) is 6.61 Å². The molecule has 0 spiro atoms. The van der Waals surface area contributed by atoms with Crippen LogP contribution in [0.1, 0.15) is 54.3 Å². The molecule has 0 bridgehead atoms. The maximum absolute atomic E-state index is 6.10. The summed E-state index contributed by atoms with van der Waals surface area (Å²) < 4.78 is 8.67. The van der Waals surface area contributed by atoms with Crippen molar-refractivity contribution in [2.24, 2.45) is 5.92 Å². The first-order valence-corrected chi connectivity index (χ1v) is 12.2. The molecule has 164 valence electrons. The highest BCUT2D eigenvalue weighted by Gasteiger charge is 2.50. The van der Waals surface area contributed by atoms with Crippen molar-refractivity contribution in [3.63, 3.8) is 0 Å². The Bertz CT molecular complexity index is 1130. The van der Waals surface area contributed by atoms with Crippen LogP contribution in [0.15, 0.2) is 54.6 Å². The van der Waals surface area contributed by atoms with Crippen LogP contribution < -0.4 is 10.1 Å². The maximum Gasteiger partial charge on any atom is 0.120 e. The molecule has 2 aromatic carbocycles. The molecular formula is C27H30N4O. The summed E-state index contributed by atoms with van der Waals surface area (Å²) in [6, 6.07) is 19.9. The number of rotatable bonds is 7. The summed E-state index contributed by atoms with van der Waals surface area (Å²) in [7, 11) is 0. The van der Waals surface area contributed by atoms with Crippen LogP contribution in [-0.4, -0.2) is 40.6 Å². The quantitative estimate of drug-likeness (QED) is 0.603. The van der Waals surface area contributed by atoms with Crippen LogP contribution in [0.25, 0.3) is 11.3 Å². The average Bonchev–Trinajstić information content (AvgIpc) is 3.06. The molecule has 1 N–H and O–H groups in total. The Morgan fingerprint density at radius 3 is 2.66 bits per heavy atom. The highest BCUT2D eigenvalue weighted by atomic mass is 16.5. The molecule has 1 aliphatic carbocycles. The van der Waals surface area contributed by atoms with Crippen LogP contribution >= 0.6 is 0 Å². The van der Waals surface area contributed by atoms with Gasteiger partial charge in [0.1, 0.15) is 18.2 Å². The van der Waals surface area contributed by atoms with Gasteiger partial charge >= 0.3 is 0 Å². The molecule has 0 amide bonds. The number of nitrogens with one attached hydrogen (secondary N) is 1. The number of fused-ring (bicyclic) bond motifs is 4. The molecule has 4 heterocycles. The summed E-state index contributed by atoms with van der Waals surface area (Å²) in [4.78, 5) is 7.88. The molecule has 3 fully saturated rings.